The number of ether oxygens (including phenoxy) is 2. The SMILES string of the molecule is CCCCCCCCCCCCCCCC(=O)NCCO.COc1ccc2c3c1O[C@H]1C(=O)CC[C@@]4(O)[C@@H](C2)N(C)CC[C@]314. The number of methoxy groups -OCH3 is 1. The number of ketones is 1. The molecule has 1 saturated carbocycles. The molecule has 2 fully saturated rings. The van der Waals surface area contributed by atoms with Crippen LogP contribution in [0.2, 0.25) is 0 Å². The molecule has 8 heteroatoms. The van der Waals surface area contributed by atoms with Crippen LogP contribution < -0.4 is 14.8 Å². The second-order valence-corrected chi connectivity index (χ2v) is 13.5. The summed E-state index contributed by atoms with van der Waals surface area (Å²) in [4.78, 5) is 26.2. The number of benzene rings is 1. The highest BCUT2D eigenvalue weighted by Gasteiger charge is 2.72. The smallest absolute Gasteiger partial charge is 0.220 e. The van der Waals surface area contributed by atoms with Crippen molar-refractivity contribution in [2.75, 3.05) is 33.9 Å². The third-order valence-electron chi connectivity index (χ3n) is 10.7. The first kappa shape index (κ1) is 34.7. The van der Waals surface area contributed by atoms with Crippen molar-refractivity contribution in [2.24, 2.45) is 0 Å². The van der Waals surface area contributed by atoms with Crippen molar-refractivity contribution in [3.63, 3.8) is 0 Å². The van der Waals surface area contributed by atoms with E-state index in [2.05, 4.69) is 30.3 Å². The summed E-state index contributed by atoms with van der Waals surface area (Å²) in [6.45, 7) is 3.55. The Hall–Kier alpha value is -2.16. The second kappa shape index (κ2) is 16.4. The van der Waals surface area contributed by atoms with Crippen molar-refractivity contribution < 1.29 is 29.3 Å². The zero-order chi connectivity index (χ0) is 31.6. The maximum atomic E-state index is 12.7. The summed E-state index contributed by atoms with van der Waals surface area (Å²) in [5.74, 6) is 1.54. The minimum Gasteiger partial charge on any atom is -0.493 e. The van der Waals surface area contributed by atoms with E-state index in [1.165, 1.54) is 76.2 Å². The number of amides is 1. The van der Waals surface area contributed by atoms with Gasteiger partial charge in [0, 0.05) is 31.0 Å². The minimum atomic E-state index is -0.900. The van der Waals surface area contributed by atoms with Gasteiger partial charge in [-0.05, 0) is 50.9 Å². The standard InChI is InChI=1S/C18H21NO4.C18H37NO2/c1-19-8-7-17-14-10-3-4-12(22-2)15(14)23-16(17)11(20)5-6-18(17,21)13(19)9-10;1-2-3-4-5-6-7-8-9-10-11-12-13-14-15-18(21)19-16-17-20/h3-4,13,16,21H,5-9H2,1-2H3;20H,2-17H2,1H3,(H,19,21)/t13-,16+,17+,18-;/m1./s1. The van der Waals surface area contributed by atoms with Crippen LogP contribution in [0.1, 0.15) is 127 Å². The first-order valence-electron chi connectivity index (χ1n) is 17.5. The average Bonchev–Trinajstić information content (AvgIpc) is 3.38. The van der Waals surface area contributed by atoms with Gasteiger partial charge < -0.3 is 29.9 Å². The topological polar surface area (TPSA) is 108 Å². The number of unbranched alkanes of at least 4 members (excludes halogenated alkanes) is 12. The van der Waals surface area contributed by atoms with E-state index in [9.17, 15) is 14.7 Å². The molecule has 0 radical (unpaired) electrons. The van der Waals surface area contributed by atoms with Gasteiger partial charge in [0.25, 0.3) is 0 Å². The van der Waals surface area contributed by atoms with Gasteiger partial charge in [0.05, 0.1) is 24.7 Å². The van der Waals surface area contributed by atoms with Crippen LogP contribution >= 0.6 is 0 Å². The molecule has 44 heavy (non-hydrogen) atoms. The number of likely N-dealkylation sites (tertiary alicyclic amines) is 1. The number of aliphatic hydroxyl groups is 2. The van der Waals surface area contributed by atoms with Gasteiger partial charge in [-0.2, -0.15) is 0 Å². The summed E-state index contributed by atoms with van der Waals surface area (Å²) in [6.07, 6.45) is 19.7. The summed E-state index contributed by atoms with van der Waals surface area (Å²) >= 11 is 0. The summed E-state index contributed by atoms with van der Waals surface area (Å²) in [5.41, 5.74) is 0.737. The highest BCUT2D eigenvalue weighted by Crippen LogP contribution is 2.64. The number of likely N-dealkylation sites (N-methyl/N-ethyl adjacent to an activating group) is 1. The van der Waals surface area contributed by atoms with E-state index in [-0.39, 0.29) is 24.3 Å². The van der Waals surface area contributed by atoms with Gasteiger partial charge >= 0.3 is 0 Å². The lowest BCUT2D eigenvalue weighted by Crippen LogP contribution is -2.76. The van der Waals surface area contributed by atoms with E-state index < -0.39 is 17.1 Å². The zero-order valence-electron chi connectivity index (χ0n) is 27.6. The quantitative estimate of drug-likeness (QED) is 0.195. The predicted octanol–water partition coefficient (Wildman–Crippen LogP) is 5.62. The van der Waals surface area contributed by atoms with Crippen LogP contribution in [0.25, 0.3) is 0 Å². The molecule has 8 nitrogen and oxygen atoms in total. The van der Waals surface area contributed by atoms with Crippen LogP contribution in [0.3, 0.4) is 0 Å². The Morgan fingerprint density at radius 1 is 1.02 bits per heavy atom. The maximum Gasteiger partial charge on any atom is 0.220 e. The largest absolute Gasteiger partial charge is 0.493 e. The van der Waals surface area contributed by atoms with Gasteiger partial charge in [0.15, 0.2) is 23.4 Å². The Morgan fingerprint density at radius 3 is 2.27 bits per heavy atom. The fourth-order valence-corrected chi connectivity index (χ4v) is 8.27. The van der Waals surface area contributed by atoms with Crippen molar-refractivity contribution in [3.8, 4) is 11.5 Å². The Balaban J connectivity index is 0.000000203. The number of hydrogen-bond acceptors (Lipinski definition) is 7. The molecule has 0 unspecified atom stereocenters. The van der Waals surface area contributed by atoms with Crippen molar-refractivity contribution in [1.82, 2.24) is 10.2 Å². The normalized spacial score (nSPS) is 26.3. The molecule has 1 aromatic rings. The summed E-state index contributed by atoms with van der Waals surface area (Å²) in [7, 11) is 3.70. The second-order valence-electron chi connectivity index (χ2n) is 13.5. The number of rotatable bonds is 17. The Morgan fingerprint density at radius 2 is 1.66 bits per heavy atom. The first-order valence-corrected chi connectivity index (χ1v) is 17.5. The van der Waals surface area contributed by atoms with Gasteiger partial charge in [0.2, 0.25) is 5.91 Å². The highest BCUT2D eigenvalue weighted by atomic mass is 16.5. The lowest BCUT2D eigenvalue weighted by atomic mass is 9.49. The van der Waals surface area contributed by atoms with Gasteiger partial charge in [-0.1, -0.05) is 90.0 Å². The molecule has 5 rings (SSSR count). The van der Waals surface area contributed by atoms with Crippen LogP contribution in [-0.4, -0.2) is 78.4 Å². The van der Waals surface area contributed by atoms with E-state index in [0.29, 0.717) is 37.3 Å². The Labute approximate surface area is 265 Å². The van der Waals surface area contributed by atoms with E-state index >= 15 is 0 Å². The minimum absolute atomic E-state index is 0.0321. The molecule has 1 aromatic carbocycles. The molecule has 2 aliphatic heterocycles. The van der Waals surface area contributed by atoms with Gasteiger partial charge in [-0.3, -0.25) is 9.59 Å². The third-order valence-corrected chi connectivity index (χ3v) is 10.7. The molecule has 4 aliphatic rings. The fraction of sp³-hybridized carbons (Fsp3) is 0.778. The van der Waals surface area contributed by atoms with E-state index in [4.69, 9.17) is 14.6 Å². The number of hydrogen-bond donors (Lipinski definition) is 3. The molecule has 248 valence electrons. The van der Waals surface area contributed by atoms with Crippen LogP contribution in [-0.2, 0) is 21.4 Å². The maximum absolute atomic E-state index is 12.7. The fourth-order valence-electron chi connectivity index (χ4n) is 8.27. The number of piperidine rings is 1. The molecule has 2 aliphatic carbocycles. The molecule has 4 atom stereocenters. The Kier molecular flexibility index (Phi) is 12.9. The summed E-state index contributed by atoms with van der Waals surface area (Å²) in [5, 5.41) is 23.0. The first-order chi connectivity index (χ1) is 21.3. The van der Waals surface area contributed by atoms with Crippen LogP contribution in [0.4, 0.5) is 0 Å². The number of Topliss-reactive ketones (excluding diaryl/α,β-unsaturated/α-hetero) is 1. The zero-order valence-corrected chi connectivity index (χ0v) is 27.6. The van der Waals surface area contributed by atoms with Gasteiger partial charge in [-0.15, -0.1) is 0 Å². The van der Waals surface area contributed by atoms with Gasteiger partial charge in [0.1, 0.15) is 0 Å². The third kappa shape index (κ3) is 7.28. The molecule has 0 aromatic heterocycles. The molecule has 1 saturated heterocycles. The molecular weight excluding hydrogens is 556 g/mol. The number of carbonyl (C=O) groups is 2. The monoisotopic (exact) mass is 614 g/mol. The lowest BCUT2D eigenvalue weighted by molar-refractivity contribution is -0.185. The van der Waals surface area contributed by atoms with Crippen LogP contribution in [0, 0.1) is 0 Å². The number of nitrogens with zero attached hydrogens (tertiary/aromatic N) is 1. The highest BCUT2D eigenvalue weighted by molar-refractivity contribution is 5.90. The van der Waals surface area contributed by atoms with Crippen LogP contribution in [0.15, 0.2) is 12.1 Å². The molecule has 2 heterocycles. The lowest BCUT2D eigenvalue weighted by Gasteiger charge is -2.62. The van der Waals surface area contributed by atoms with E-state index in [1.54, 1.807) is 7.11 Å². The van der Waals surface area contributed by atoms with Crippen molar-refractivity contribution in [1.29, 1.82) is 0 Å². The van der Waals surface area contributed by atoms with Gasteiger partial charge in [-0.25, -0.2) is 0 Å². The van der Waals surface area contributed by atoms with Crippen molar-refractivity contribution >= 4 is 11.7 Å². The Bertz CT molecular complexity index is 1090. The molecule has 3 N–H and O–H groups in total. The predicted molar refractivity (Wildman–Crippen MR) is 173 cm³/mol. The molecule has 2 bridgehead atoms. The van der Waals surface area contributed by atoms with E-state index in [1.807, 2.05) is 6.07 Å². The summed E-state index contributed by atoms with van der Waals surface area (Å²) in [6, 6.07) is 4.05. The molecular formula is C36H58N2O6. The molecule has 1 amide bonds. The summed E-state index contributed by atoms with van der Waals surface area (Å²) < 4.78 is 11.6. The van der Waals surface area contributed by atoms with Crippen molar-refractivity contribution in [2.45, 2.75) is 146 Å². The van der Waals surface area contributed by atoms with Crippen molar-refractivity contribution in [3.05, 3.63) is 23.3 Å². The number of aliphatic hydroxyl groups excluding tert-OH is 1. The number of carbonyl (C=O) groups excluding carboxylic acids is 2. The van der Waals surface area contributed by atoms with Crippen LogP contribution in [0.5, 0.6) is 11.5 Å². The molecule has 1 spiro atoms. The average molecular weight is 615 g/mol. The number of nitrogens with one attached hydrogen (secondary N) is 1. The van der Waals surface area contributed by atoms with E-state index in [0.717, 1.165) is 37.8 Å².